The molecule has 3 unspecified atom stereocenters. The number of carbonyl (C=O) groups excluding carboxylic acids is 3. The Balaban J connectivity index is 2.40. The van der Waals surface area contributed by atoms with Crippen LogP contribution in [0.4, 0.5) is 0 Å². The highest BCUT2D eigenvalue weighted by Gasteiger charge is 2.77. The number of rotatable bonds is 3. The molecule has 0 aliphatic heterocycles. The van der Waals surface area contributed by atoms with Gasteiger partial charge in [0.2, 0.25) is 5.91 Å². The van der Waals surface area contributed by atoms with E-state index in [9.17, 15) is 14.4 Å². The molecule has 0 spiro atoms. The molecule has 0 N–H and O–H groups in total. The number of esters is 1. The molecule has 2 aliphatic carbocycles. The number of nitrogens with zero attached hydrogens (tertiary/aromatic N) is 1. The molecular formula is C15H22BrNO4. The summed E-state index contributed by atoms with van der Waals surface area (Å²) in [6.07, 6.45) is 1.36. The fraction of sp³-hybridized carbons (Fsp3) is 0.800. The number of ether oxygens (including phenoxy) is 1. The van der Waals surface area contributed by atoms with Crippen molar-refractivity contribution in [1.82, 2.24) is 4.90 Å². The van der Waals surface area contributed by atoms with Crippen LogP contribution in [0.25, 0.3) is 0 Å². The first kappa shape index (κ1) is 16.5. The van der Waals surface area contributed by atoms with Crippen LogP contribution in [-0.2, 0) is 19.1 Å². The summed E-state index contributed by atoms with van der Waals surface area (Å²) in [5, 5.41) is 0. The zero-order valence-corrected chi connectivity index (χ0v) is 14.7. The molecule has 0 aromatic rings. The van der Waals surface area contributed by atoms with E-state index in [1.165, 1.54) is 12.0 Å². The molecule has 6 heteroatoms. The van der Waals surface area contributed by atoms with Crippen molar-refractivity contribution in [3.63, 3.8) is 0 Å². The SMILES string of the molecule is COC(=O)CN(C)C(=O)C12CCC(C)(C(=O)C1Br)C2(C)C. The minimum absolute atomic E-state index is 0.0959. The minimum atomic E-state index is -0.790. The number of likely N-dealkylation sites (N-methyl/N-ethyl adjacent to an activating group) is 1. The largest absolute Gasteiger partial charge is 0.468 e. The van der Waals surface area contributed by atoms with Gasteiger partial charge in [0.15, 0.2) is 5.78 Å². The van der Waals surface area contributed by atoms with E-state index in [-0.39, 0.29) is 18.2 Å². The molecule has 0 aromatic heterocycles. The van der Waals surface area contributed by atoms with Crippen LogP contribution in [0.3, 0.4) is 0 Å². The maximum Gasteiger partial charge on any atom is 0.325 e. The van der Waals surface area contributed by atoms with Gasteiger partial charge in [-0.3, -0.25) is 14.4 Å². The second-order valence-corrected chi connectivity index (χ2v) is 7.81. The second kappa shape index (κ2) is 4.80. The van der Waals surface area contributed by atoms with E-state index in [0.29, 0.717) is 12.8 Å². The molecule has 0 saturated heterocycles. The van der Waals surface area contributed by atoms with Crippen molar-refractivity contribution in [3.05, 3.63) is 0 Å². The summed E-state index contributed by atoms with van der Waals surface area (Å²) in [5.74, 6) is -0.524. The Kier molecular flexibility index (Phi) is 3.76. The third-order valence-corrected chi connectivity index (χ3v) is 7.24. The molecule has 21 heavy (non-hydrogen) atoms. The first-order valence-electron chi connectivity index (χ1n) is 7.07. The normalized spacial score (nSPS) is 36.7. The average molecular weight is 360 g/mol. The van der Waals surface area contributed by atoms with Gasteiger partial charge in [0.25, 0.3) is 0 Å². The lowest BCUT2D eigenvalue weighted by Gasteiger charge is -2.41. The molecule has 3 atom stereocenters. The molecule has 1 amide bonds. The number of fused-ring (bicyclic) bond motifs is 2. The van der Waals surface area contributed by atoms with Gasteiger partial charge < -0.3 is 9.64 Å². The Morgan fingerprint density at radius 3 is 2.33 bits per heavy atom. The Bertz CT molecular complexity index is 518. The van der Waals surface area contributed by atoms with Crippen LogP contribution in [0, 0.1) is 16.2 Å². The van der Waals surface area contributed by atoms with Gasteiger partial charge in [0.1, 0.15) is 6.54 Å². The van der Waals surface area contributed by atoms with Crippen molar-refractivity contribution in [2.45, 2.75) is 38.4 Å². The number of hydrogen-bond donors (Lipinski definition) is 0. The van der Waals surface area contributed by atoms with Gasteiger partial charge in [-0.15, -0.1) is 0 Å². The fourth-order valence-corrected chi connectivity index (χ4v) is 5.60. The van der Waals surface area contributed by atoms with Crippen LogP contribution in [0.5, 0.6) is 0 Å². The summed E-state index contributed by atoms with van der Waals surface area (Å²) in [5.41, 5.74) is -1.74. The van der Waals surface area contributed by atoms with E-state index in [0.717, 1.165) is 0 Å². The van der Waals surface area contributed by atoms with Crippen molar-refractivity contribution in [3.8, 4) is 0 Å². The van der Waals surface area contributed by atoms with E-state index in [2.05, 4.69) is 20.7 Å². The number of Topliss-reactive ketones (excluding diaryl/α,β-unsaturated/α-hetero) is 1. The monoisotopic (exact) mass is 359 g/mol. The number of halogens is 1. The third kappa shape index (κ3) is 1.77. The lowest BCUT2D eigenvalue weighted by atomic mass is 9.64. The summed E-state index contributed by atoms with van der Waals surface area (Å²) < 4.78 is 4.62. The van der Waals surface area contributed by atoms with Gasteiger partial charge in [0, 0.05) is 12.5 Å². The van der Waals surface area contributed by atoms with Crippen molar-refractivity contribution < 1.29 is 19.1 Å². The number of ketones is 1. The molecule has 0 aromatic carbocycles. The van der Waals surface area contributed by atoms with Gasteiger partial charge in [-0.2, -0.15) is 0 Å². The van der Waals surface area contributed by atoms with Crippen LogP contribution in [0.2, 0.25) is 0 Å². The topological polar surface area (TPSA) is 63.7 Å². The highest BCUT2D eigenvalue weighted by atomic mass is 79.9. The molecule has 2 bridgehead atoms. The first-order valence-corrected chi connectivity index (χ1v) is 7.98. The second-order valence-electron chi connectivity index (χ2n) is 6.89. The van der Waals surface area contributed by atoms with Crippen molar-refractivity contribution in [2.75, 3.05) is 20.7 Å². The van der Waals surface area contributed by atoms with Gasteiger partial charge in [0.05, 0.1) is 17.4 Å². The van der Waals surface area contributed by atoms with E-state index in [1.807, 2.05) is 20.8 Å². The minimum Gasteiger partial charge on any atom is -0.468 e. The first-order chi connectivity index (χ1) is 9.56. The highest BCUT2D eigenvalue weighted by Crippen LogP contribution is 2.72. The smallest absolute Gasteiger partial charge is 0.325 e. The number of alkyl halides is 1. The van der Waals surface area contributed by atoms with E-state index in [4.69, 9.17) is 0 Å². The van der Waals surface area contributed by atoms with Crippen LogP contribution in [0.1, 0.15) is 33.6 Å². The van der Waals surface area contributed by atoms with Gasteiger partial charge in [-0.05, 0) is 18.3 Å². The predicted molar refractivity (Wildman–Crippen MR) is 80.9 cm³/mol. The molecular weight excluding hydrogens is 338 g/mol. The van der Waals surface area contributed by atoms with Crippen LogP contribution in [0.15, 0.2) is 0 Å². The molecule has 2 aliphatic rings. The Hall–Kier alpha value is -0.910. The predicted octanol–water partition coefficient (Wildman–Crippen LogP) is 1.78. The Morgan fingerprint density at radius 1 is 1.33 bits per heavy atom. The average Bonchev–Trinajstić information content (AvgIpc) is 2.70. The van der Waals surface area contributed by atoms with Crippen molar-refractivity contribution in [1.29, 1.82) is 0 Å². The lowest BCUT2D eigenvalue weighted by Crippen LogP contribution is -2.52. The Morgan fingerprint density at radius 2 is 1.90 bits per heavy atom. The Labute approximate surface area is 133 Å². The molecule has 5 nitrogen and oxygen atoms in total. The maximum absolute atomic E-state index is 13.0. The number of amides is 1. The quantitative estimate of drug-likeness (QED) is 0.569. The van der Waals surface area contributed by atoms with E-state index in [1.54, 1.807) is 7.05 Å². The summed E-state index contributed by atoms with van der Waals surface area (Å²) in [6, 6.07) is 0. The van der Waals surface area contributed by atoms with Gasteiger partial charge in [-0.25, -0.2) is 0 Å². The molecule has 118 valence electrons. The van der Waals surface area contributed by atoms with Crippen molar-refractivity contribution in [2.24, 2.45) is 16.2 Å². The molecule has 0 heterocycles. The summed E-state index contributed by atoms with van der Waals surface area (Å²) in [6.45, 7) is 5.83. The molecule has 2 fully saturated rings. The lowest BCUT2D eigenvalue weighted by molar-refractivity contribution is -0.153. The summed E-state index contributed by atoms with van der Waals surface area (Å²) >= 11 is 3.47. The fourth-order valence-electron chi connectivity index (χ4n) is 4.10. The molecule has 2 rings (SSSR count). The van der Waals surface area contributed by atoms with Crippen LogP contribution < -0.4 is 0 Å². The van der Waals surface area contributed by atoms with Crippen LogP contribution >= 0.6 is 15.9 Å². The van der Waals surface area contributed by atoms with Crippen molar-refractivity contribution >= 4 is 33.6 Å². The summed E-state index contributed by atoms with van der Waals surface area (Å²) in [7, 11) is 2.88. The van der Waals surface area contributed by atoms with Crippen LogP contribution in [-0.4, -0.2) is 48.1 Å². The third-order valence-electron chi connectivity index (χ3n) is 6.04. The zero-order valence-electron chi connectivity index (χ0n) is 13.2. The number of hydrogen-bond acceptors (Lipinski definition) is 4. The number of carbonyl (C=O) groups is 3. The maximum atomic E-state index is 13.0. The van der Waals surface area contributed by atoms with Gasteiger partial charge >= 0.3 is 5.97 Å². The van der Waals surface area contributed by atoms with E-state index >= 15 is 0 Å². The van der Waals surface area contributed by atoms with E-state index < -0.39 is 27.0 Å². The zero-order chi connectivity index (χ0) is 16.2. The number of methoxy groups -OCH3 is 1. The highest BCUT2D eigenvalue weighted by molar-refractivity contribution is 9.10. The standard InChI is InChI=1S/C15H22BrNO4/c1-13(2)14(3)6-7-15(13,10(16)11(14)19)12(20)17(4)8-9(18)21-5/h10H,6-8H2,1-5H3. The molecule has 0 radical (unpaired) electrons. The summed E-state index contributed by atoms with van der Waals surface area (Å²) in [4.78, 5) is 37.9. The van der Waals surface area contributed by atoms with Gasteiger partial charge in [-0.1, -0.05) is 36.7 Å². The molecule has 2 saturated carbocycles.